The van der Waals surface area contributed by atoms with Crippen molar-refractivity contribution in [1.82, 2.24) is 25.0 Å². The second-order valence-corrected chi connectivity index (χ2v) is 6.81. The van der Waals surface area contributed by atoms with Crippen molar-refractivity contribution in [3.63, 3.8) is 0 Å². The highest BCUT2D eigenvalue weighted by molar-refractivity contribution is 5.95. The SMILES string of the molecule is CCN(CC)CCCNC(=O)c1cncc2c1CCN(C(=O)N(C)C)C2. The first-order chi connectivity index (χ1) is 12.5. The van der Waals surface area contributed by atoms with Gasteiger partial charge in [-0.25, -0.2) is 4.79 Å². The summed E-state index contributed by atoms with van der Waals surface area (Å²) in [6, 6.07) is -0.0121. The molecular formula is C19H31N5O2. The molecule has 1 aromatic rings. The first kappa shape index (κ1) is 20.2. The van der Waals surface area contributed by atoms with Gasteiger partial charge in [0.1, 0.15) is 0 Å². The van der Waals surface area contributed by atoms with Crippen LogP contribution in [0, 0.1) is 0 Å². The maximum atomic E-state index is 12.6. The largest absolute Gasteiger partial charge is 0.352 e. The van der Waals surface area contributed by atoms with Gasteiger partial charge in [-0.2, -0.15) is 0 Å². The van der Waals surface area contributed by atoms with E-state index in [1.165, 1.54) is 0 Å². The maximum absolute atomic E-state index is 12.6. The van der Waals surface area contributed by atoms with Crippen LogP contribution in [0.1, 0.15) is 41.8 Å². The first-order valence-electron chi connectivity index (χ1n) is 9.40. The van der Waals surface area contributed by atoms with E-state index in [0.29, 0.717) is 31.6 Å². The summed E-state index contributed by atoms with van der Waals surface area (Å²) < 4.78 is 0. The third-order valence-electron chi connectivity index (χ3n) is 4.87. The van der Waals surface area contributed by atoms with Crippen LogP contribution in [0.25, 0.3) is 0 Å². The molecule has 2 heterocycles. The number of carbonyl (C=O) groups excluding carboxylic acids is 2. The van der Waals surface area contributed by atoms with Crippen LogP contribution >= 0.6 is 0 Å². The summed E-state index contributed by atoms with van der Waals surface area (Å²) in [6.45, 7) is 9.12. The Bertz CT molecular complexity index is 628. The summed E-state index contributed by atoms with van der Waals surface area (Å²) in [7, 11) is 3.50. The number of carbonyl (C=O) groups is 2. The van der Waals surface area contributed by atoms with Gasteiger partial charge in [-0.1, -0.05) is 13.8 Å². The number of hydrogen-bond acceptors (Lipinski definition) is 4. The Morgan fingerprint density at radius 1 is 1.23 bits per heavy atom. The van der Waals surface area contributed by atoms with Gasteiger partial charge < -0.3 is 20.0 Å². The molecular weight excluding hydrogens is 330 g/mol. The number of rotatable bonds is 7. The third kappa shape index (κ3) is 4.94. The minimum atomic E-state index is -0.0683. The highest BCUT2D eigenvalue weighted by Crippen LogP contribution is 2.22. The predicted octanol–water partition coefficient (Wildman–Crippen LogP) is 1.58. The van der Waals surface area contributed by atoms with Gasteiger partial charge in [0.2, 0.25) is 0 Å². The average Bonchev–Trinajstić information content (AvgIpc) is 2.66. The number of fused-ring (bicyclic) bond motifs is 1. The predicted molar refractivity (Wildman–Crippen MR) is 102 cm³/mol. The zero-order valence-corrected chi connectivity index (χ0v) is 16.4. The Morgan fingerprint density at radius 3 is 2.62 bits per heavy atom. The van der Waals surface area contributed by atoms with E-state index in [2.05, 4.69) is 29.0 Å². The van der Waals surface area contributed by atoms with Crippen LogP contribution in [0.3, 0.4) is 0 Å². The molecule has 0 atom stereocenters. The Balaban J connectivity index is 1.96. The molecule has 7 nitrogen and oxygen atoms in total. The fourth-order valence-corrected chi connectivity index (χ4v) is 3.27. The molecule has 0 saturated heterocycles. The van der Waals surface area contributed by atoms with E-state index in [1.807, 2.05) is 0 Å². The fraction of sp³-hybridized carbons (Fsp3) is 0.632. The van der Waals surface area contributed by atoms with Crippen LogP contribution in [0.2, 0.25) is 0 Å². The van der Waals surface area contributed by atoms with E-state index >= 15 is 0 Å². The lowest BCUT2D eigenvalue weighted by Crippen LogP contribution is -2.42. The van der Waals surface area contributed by atoms with Crippen LogP contribution in [-0.4, -0.2) is 78.4 Å². The third-order valence-corrected chi connectivity index (χ3v) is 4.87. The molecule has 0 spiro atoms. The van der Waals surface area contributed by atoms with E-state index < -0.39 is 0 Å². The molecule has 144 valence electrons. The van der Waals surface area contributed by atoms with Crippen molar-refractivity contribution < 1.29 is 9.59 Å². The Labute approximate surface area is 156 Å². The lowest BCUT2D eigenvalue weighted by Gasteiger charge is -2.31. The van der Waals surface area contributed by atoms with E-state index in [9.17, 15) is 9.59 Å². The molecule has 0 unspecified atom stereocenters. The van der Waals surface area contributed by atoms with Gasteiger partial charge in [-0.05, 0) is 43.6 Å². The van der Waals surface area contributed by atoms with E-state index in [-0.39, 0.29) is 11.9 Å². The van der Waals surface area contributed by atoms with Crippen molar-refractivity contribution in [3.8, 4) is 0 Å². The Morgan fingerprint density at radius 2 is 1.96 bits per heavy atom. The lowest BCUT2D eigenvalue weighted by molar-refractivity contribution is 0.0949. The van der Waals surface area contributed by atoms with Crippen molar-refractivity contribution >= 4 is 11.9 Å². The number of nitrogens with one attached hydrogen (secondary N) is 1. The van der Waals surface area contributed by atoms with Gasteiger partial charge in [0.15, 0.2) is 0 Å². The highest BCUT2D eigenvalue weighted by atomic mass is 16.2. The Kier molecular flexibility index (Phi) is 7.38. The number of pyridine rings is 1. The molecule has 1 aliphatic rings. The smallest absolute Gasteiger partial charge is 0.319 e. The number of amides is 3. The zero-order valence-electron chi connectivity index (χ0n) is 16.4. The summed E-state index contributed by atoms with van der Waals surface area (Å²) >= 11 is 0. The second-order valence-electron chi connectivity index (χ2n) is 6.81. The monoisotopic (exact) mass is 361 g/mol. The molecule has 2 rings (SSSR count). The second kappa shape index (κ2) is 9.52. The molecule has 0 aromatic carbocycles. The van der Waals surface area contributed by atoms with Crippen molar-refractivity contribution in [1.29, 1.82) is 0 Å². The maximum Gasteiger partial charge on any atom is 0.319 e. The van der Waals surface area contributed by atoms with Crippen molar-refractivity contribution in [2.75, 3.05) is 46.8 Å². The number of aromatic nitrogens is 1. The normalized spacial score (nSPS) is 13.5. The molecule has 1 aromatic heterocycles. The first-order valence-corrected chi connectivity index (χ1v) is 9.40. The minimum absolute atomic E-state index is 0.0121. The summed E-state index contributed by atoms with van der Waals surface area (Å²) in [5.74, 6) is -0.0683. The summed E-state index contributed by atoms with van der Waals surface area (Å²) in [5, 5.41) is 3.01. The van der Waals surface area contributed by atoms with Crippen molar-refractivity contribution in [2.24, 2.45) is 0 Å². The van der Waals surface area contributed by atoms with Crippen molar-refractivity contribution in [3.05, 3.63) is 29.1 Å². The van der Waals surface area contributed by atoms with Gasteiger partial charge >= 0.3 is 6.03 Å². The molecule has 26 heavy (non-hydrogen) atoms. The molecule has 0 radical (unpaired) electrons. The minimum Gasteiger partial charge on any atom is -0.352 e. The van der Waals surface area contributed by atoms with Crippen LogP contribution in [0.4, 0.5) is 4.79 Å². The van der Waals surface area contributed by atoms with Crippen LogP contribution in [-0.2, 0) is 13.0 Å². The highest BCUT2D eigenvalue weighted by Gasteiger charge is 2.25. The molecule has 0 saturated carbocycles. The molecule has 0 bridgehead atoms. The van der Waals surface area contributed by atoms with Crippen LogP contribution in [0.5, 0.6) is 0 Å². The zero-order chi connectivity index (χ0) is 19.1. The topological polar surface area (TPSA) is 68.8 Å². The molecule has 3 amide bonds. The van der Waals surface area contributed by atoms with Gasteiger partial charge in [-0.15, -0.1) is 0 Å². The summed E-state index contributed by atoms with van der Waals surface area (Å²) in [6.07, 6.45) is 5.02. The summed E-state index contributed by atoms with van der Waals surface area (Å²) in [4.78, 5) is 34.6. The van der Waals surface area contributed by atoms with Gasteiger partial charge in [0, 0.05) is 46.1 Å². The molecule has 7 heteroatoms. The average molecular weight is 361 g/mol. The van der Waals surface area contributed by atoms with Gasteiger partial charge in [-0.3, -0.25) is 9.78 Å². The number of urea groups is 1. The van der Waals surface area contributed by atoms with Gasteiger partial charge in [0.25, 0.3) is 5.91 Å². The van der Waals surface area contributed by atoms with Gasteiger partial charge in [0.05, 0.1) is 5.56 Å². The molecule has 0 aliphatic carbocycles. The molecule has 1 aliphatic heterocycles. The van der Waals surface area contributed by atoms with Crippen LogP contribution in [0.15, 0.2) is 12.4 Å². The number of hydrogen-bond donors (Lipinski definition) is 1. The Hall–Kier alpha value is -2.15. The van der Waals surface area contributed by atoms with Crippen molar-refractivity contribution in [2.45, 2.75) is 33.2 Å². The molecule has 1 N–H and O–H groups in total. The standard InChI is InChI=1S/C19H31N5O2/c1-5-23(6-2)10-7-9-21-18(25)17-13-20-12-15-14-24(11-8-16(15)17)19(26)22(3)4/h12-13H,5-11,14H2,1-4H3,(H,21,25). The quantitative estimate of drug-likeness (QED) is 0.749. The van der Waals surface area contributed by atoms with E-state index in [4.69, 9.17) is 0 Å². The summed E-state index contributed by atoms with van der Waals surface area (Å²) in [5.41, 5.74) is 2.62. The fourth-order valence-electron chi connectivity index (χ4n) is 3.27. The number of nitrogens with zero attached hydrogens (tertiary/aromatic N) is 4. The van der Waals surface area contributed by atoms with E-state index in [0.717, 1.165) is 37.2 Å². The molecule has 0 fully saturated rings. The van der Waals surface area contributed by atoms with Crippen LogP contribution < -0.4 is 5.32 Å². The van der Waals surface area contributed by atoms with E-state index in [1.54, 1.807) is 36.3 Å². The lowest BCUT2D eigenvalue weighted by atomic mass is 9.97.